The molecule has 0 amide bonds. The van der Waals surface area contributed by atoms with Gasteiger partial charge in [0.05, 0.1) is 11.1 Å². The van der Waals surface area contributed by atoms with E-state index in [2.05, 4.69) is 240 Å². The van der Waals surface area contributed by atoms with Crippen molar-refractivity contribution in [2.75, 3.05) is 4.90 Å². The van der Waals surface area contributed by atoms with E-state index in [1.165, 1.54) is 106 Å². The minimum absolute atomic E-state index is 0.161. The molecule has 0 aliphatic heterocycles. The molecule has 0 bridgehead atoms. The average molecular weight is 844 g/mol. The van der Waals surface area contributed by atoms with E-state index in [1.54, 1.807) is 0 Å². The highest BCUT2D eigenvalue weighted by atomic mass is 15.1. The first kappa shape index (κ1) is 38.7. The maximum absolute atomic E-state index is 4.45. The summed E-state index contributed by atoms with van der Waals surface area (Å²) in [6.07, 6.45) is 1.88. The predicted molar refractivity (Wildman–Crippen MR) is 277 cm³/mol. The van der Waals surface area contributed by atoms with Crippen LogP contribution in [0.5, 0.6) is 0 Å². The third-order valence-corrected chi connectivity index (χ3v) is 15.8. The lowest BCUT2D eigenvalue weighted by Gasteiger charge is -2.33. The minimum atomic E-state index is -0.594. The number of hydrogen-bond donors (Lipinski definition) is 0. The summed E-state index contributed by atoms with van der Waals surface area (Å²) in [6, 6.07) is 73.5. The molecule has 4 aliphatic rings. The molecule has 4 aliphatic carbocycles. The summed E-state index contributed by atoms with van der Waals surface area (Å²) in [7, 11) is 0. The molecule has 0 radical (unpaired) electrons. The van der Waals surface area contributed by atoms with Gasteiger partial charge in [0.15, 0.2) is 0 Å². The molecule has 1 atom stereocenters. The summed E-state index contributed by atoms with van der Waals surface area (Å²) in [6.45, 7) is 18.1. The van der Waals surface area contributed by atoms with Crippen LogP contribution in [0.15, 0.2) is 213 Å². The number of fused-ring (bicyclic) bond motifs is 16. The predicted octanol–water partition coefficient (Wildman–Crippen LogP) is 17.0. The lowest BCUT2D eigenvalue weighted by atomic mass is 9.70. The SMILES string of the molecule is C=CC(=C)c1ccc2c(c1)C1(c3cc(-c4ccccc4)ccc3-2)c2ccccc2-c2c(N(c3ccc4c(c3)C(C)(C)c3ccccc3-4)c3ccc4c(c3)C(C)(C)c3ccccc3-4)cccc21. The first-order valence-corrected chi connectivity index (χ1v) is 23.3. The summed E-state index contributed by atoms with van der Waals surface area (Å²) in [4.78, 5) is 2.57. The fourth-order valence-corrected chi connectivity index (χ4v) is 12.6. The zero-order valence-corrected chi connectivity index (χ0v) is 37.9. The van der Waals surface area contributed by atoms with Crippen molar-refractivity contribution in [1.29, 1.82) is 0 Å². The Hall–Kier alpha value is -7.74. The number of nitrogens with zero attached hydrogens (tertiary/aromatic N) is 1. The van der Waals surface area contributed by atoms with Crippen LogP contribution in [0.2, 0.25) is 0 Å². The molecule has 0 heterocycles. The van der Waals surface area contributed by atoms with Crippen LogP contribution in [0.3, 0.4) is 0 Å². The topological polar surface area (TPSA) is 3.24 Å². The second-order valence-electron chi connectivity index (χ2n) is 19.7. The van der Waals surface area contributed by atoms with E-state index >= 15 is 0 Å². The standard InChI is InChI=1S/C65H49N/c1-7-40(2)42-28-32-50-51-33-29-43(41-18-9-8-10-19-41)37-60(51)65(59(50)36-42)55-25-16-13-22-52(55)62-56(65)26-17-27-61(62)66(44-30-34-48-46-20-11-14-23-53(46)63(3,4)57(48)38-44)45-31-35-49-47-21-12-15-24-54(47)64(5,6)58(49)39-45/h7-39H,1-2H2,3-6H3. The summed E-state index contributed by atoms with van der Waals surface area (Å²) in [5.74, 6) is 0. The van der Waals surface area contributed by atoms with Crippen molar-refractivity contribution >= 4 is 22.6 Å². The van der Waals surface area contributed by atoms with Crippen LogP contribution in [0.4, 0.5) is 17.1 Å². The Morgan fingerprint density at radius 2 is 0.879 bits per heavy atom. The fourth-order valence-electron chi connectivity index (χ4n) is 12.6. The normalized spacial score (nSPS) is 16.6. The Labute approximate surface area is 388 Å². The number of benzene rings is 9. The molecule has 9 aromatic rings. The molecule has 1 heteroatoms. The van der Waals surface area contributed by atoms with Gasteiger partial charge in [-0.3, -0.25) is 0 Å². The molecular formula is C65H49N. The molecule has 66 heavy (non-hydrogen) atoms. The van der Waals surface area contributed by atoms with Gasteiger partial charge in [-0.1, -0.05) is 199 Å². The molecule has 0 saturated carbocycles. The van der Waals surface area contributed by atoms with E-state index in [0.717, 1.165) is 22.5 Å². The second kappa shape index (κ2) is 13.6. The highest BCUT2D eigenvalue weighted by Crippen LogP contribution is 2.66. The third kappa shape index (κ3) is 5.01. The maximum Gasteiger partial charge on any atom is 0.0726 e. The zero-order valence-electron chi connectivity index (χ0n) is 37.9. The summed E-state index contributed by atoms with van der Waals surface area (Å²) < 4.78 is 0. The van der Waals surface area contributed by atoms with Gasteiger partial charge in [0.2, 0.25) is 0 Å². The van der Waals surface area contributed by atoms with Crippen molar-refractivity contribution in [1.82, 2.24) is 0 Å². The van der Waals surface area contributed by atoms with Gasteiger partial charge in [-0.15, -0.1) is 0 Å². The Balaban J connectivity index is 1.11. The molecule has 1 nitrogen and oxygen atoms in total. The van der Waals surface area contributed by atoms with Crippen LogP contribution >= 0.6 is 0 Å². The van der Waals surface area contributed by atoms with E-state index in [9.17, 15) is 0 Å². The Bertz CT molecular complexity index is 3470. The Morgan fingerprint density at radius 3 is 1.50 bits per heavy atom. The van der Waals surface area contributed by atoms with E-state index < -0.39 is 5.41 Å². The van der Waals surface area contributed by atoms with Gasteiger partial charge in [0.25, 0.3) is 0 Å². The van der Waals surface area contributed by atoms with Crippen LogP contribution in [-0.4, -0.2) is 0 Å². The maximum atomic E-state index is 4.45. The lowest BCUT2D eigenvalue weighted by Crippen LogP contribution is -2.26. The Morgan fingerprint density at radius 1 is 0.394 bits per heavy atom. The highest BCUT2D eigenvalue weighted by Gasteiger charge is 2.53. The molecule has 1 spiro atoms. The molecule has 0 fully saturated rings. The monoisotopic (exact) mass is 843 g/mol. The molecule has 1 unspecified atom stereocenters. The van der Waals surface area contributed by atoms with Crippen molar-refractivity contribution in [2.24, 2.45) is 0 Å². The van der Waals surface area contributed by atoms with E-state index in [1.807, 2.05) is 6.08 Å². The van der Waals surface area contributed by atoms with Gasteiger partial charge in [0.1, 0.15) is 0 Å². The van der Waals surface area contributed by atoms with Crippen LogP contribution in [-0.2, 0) is 16.2 Å². The van der Waals surface area contributed by atoms with Crippen LogP contribution in [0.25, 0.3) is 61.2 Å². The molecule has 13 rings (SSSR count). The van der Waals surface area contributed by atoms with Gasteiger partial charge in [0, 0.05) is 27.8 Å². The largest absolute Gasteiger partial charge is 0.310 e. The van der Waals surface area contributed by atoms with Gasteiger partial charge in [-0.25, -0.2) is 0 Å². The first-order valence-electron chi connectivity index (χ1n) is 23.3. The fraction of sp³-hybridized carbons (Fsp3) is 0.108. The molecule has 9 aromatic carbocycles. The van der Waals surface area contributed by atoms with Gasteiger partial charge in [-0.05, 0) is 148 Å². The Kier molecular flexibility index (Phi) is 8.00. The quantitative estimate of drug-likeness (QED) is 0.151. The summed E-state index contributed by atoms with van der Waals surface area (Å²) in [5.41, 5.74) is 28.0. The van der Waals surface area contributed by atoms with Crippen molar-refractivity contribution in [3.63, 3.8) is 0 Å². The van der Waals surface area contributed by atoms with E-state index in [-0.39, 0.29) is 10.8 Å². The van der Waals surface area contributed by atoms with Crippen LogP contribution < -0.4 is 4.90 Å². The van der Waals surface area contributed by atoms with Gasteiger partial charge < -0.3 is 4.90 Å². The minimum Gasteiger partial charge on any atom is -0.310 e. The summed E-state index contributed by atoms with van der Waals surface area (Å²) >= 11 is 0. The van der Waals surface area contributed by atoms with Gasteiger partial charge >= 0.3 is 0 Å². The molecule has 0 aromatic heterocycles. The molecule has 0 N–H and O–H groups in total. The third-order valence-electron chi connectivity index (χ3n) is 15.8. The van der Waals surface area contributed by atoms with Crippen molar-refractivity contribution in [3.8, 4) is 55.6 Å². The number of allylic oxidation sites excluding steroid dienone is 2. The van der Waals surface area contributed by atoms with Gasteiger partial charge in [-0.2, -0.15) is 0 Å². The average Bonchev–Trinajstić information content (AvgIpc) is 3.99. The molecule has 0 saturated heterocycles. The number of anilines is 3. The van der Waals surface area contributed by atoms with Crippen molar-refractivity contribution in [3.05, 3.63) is 263 Å². The van der Waals surface area contributed by atoms with Crippen LogP contribution in [0, 0.1) is 0 Å². The smallest absolute Gasteiger partial charge is 0.0726 e. The van der Waals surface area contributed by atoms with Crippen LogP contribution in [0.1, 0.15) is 77.8 Å². The van der Waals surface area contributed by atoms with Crippen molar-refractivity contribution in [2.45, 2.75) is 43.9 Å². The van der Waals surface area contributed by atoms with E-state index in [4.69, 9.17) is 0 Å². The van der Waals surface area contributed by atoms with Crippen molar-refractivity contribution < 1.29 is 0 Å². The zero-order chi connectivity index (χ0) is 44.7. The van der Waals surface area contributed by atoms with E-state index in [0.29, 0.717) is 0 Å². The first-order chi connectivity index (χ1) is 32.1. The summed E-state index contributed by atoms with van der Waals surface area (Å²) in [5, 5.41) is 0. The second-order valence-corrected chi connectivity index (χ2v) is 19.7. The molecular weight excluding hydrogens is 795 g/mol. The number of hydrogen-bond acceptors (Lipinski definition) is 1. The number of rotatable bonds is 6. The lowest BCUT2D eigenvalue weighted by molar-refractivity contribution is 0.660. The highest BCUT2D eigenvalue weighted by molar-refractivity contribution is 6.02. The molecule has 314 valence electrons.